The van der Waals surface area contributed by atoms with Gasteiger partial charge in [0.25, 0.3) is 0 Å². The second kappa shape index (κ2) is 5.74. The molecule has 2 heterocycles. The number of nitrogens with zero attached hydrogens (tertiary/aromatic N) is 6. The number of aryl methyl sites for hydroxylation is 1. The van der Waals surface area contributed by atoms with E-state index in [2.05, 4.69) is 43.0 Å². The van der Waals surface area contributed by atoms with Crippen LogP contribution in [0, 0.1) is 22.7 Å². The van der Waals surface area contributed by atoms with E-state index in [0.29, 0.717) is 5.82 Å². The number of Topliss-reactive ketones (excluding diaryl/α,β-unsaturated/α-hetero) is 1. The van der Waals surface area contributed by atoms with Crippen molar-refractivity contribution in [3.63, 3.8) is 0 Å². The Bertz CT molecular complexity index is 1090. The average molecular weight is 376 g/mol. The highest BCUT2D eigenvalue weighted by atomic mass is 16.1. The topological polar surface area (TPSA) is 89.4 Å². The predicted octanol–water partition coefficient (Wildman–Crippen LogP) is 3.22. The Morgan fingerprint density at radius 3 is 2.57 bits per heavy atom. The van der Waals surface area contributed by atoms with Crippen LogP contribution in [0.1, 0.15) is 51.9 Å². The number of fused-ring (bicyclic) bond motifs is 3. The summed E-state index contributed by atoms with van der Waals surface area (Å²) in [4.78, 5) is 17.3. The van der Waals surface area contributed by atoms with Crippen LogP contribution in [-0.4, -0.2) is 30.3 Å². The maximum absolute atomic E-state index is 12.8. The monoisotopic (exact) mass is 376 g/mol. The van der Waals surface area contributed by atoms with Crippen molar-refractivity contribution < 1.29 is 4.79 Å². The molecule has 144 valence electrons. The van der Waals surface area contributed by atoms with Crippen LogP contribution < -0.4 is 0 Å². The molecular formula is C21H24N6O. The number of carbonyl (C=O) groups excluding carboxylic acids is 1. The normalized spacial score (nSPS) is 25.3. The lowest BCUT2D eigenvalue weighted by molar-refractivity contribution is -0.126. The molecule has 0 radical (unpaired) electrons. The lowest BCUT2D eigenvalue weighted by Gasteiger charge is -2.46. The third-order valence-electron chi connectivity index (χ3n) is 6.12. The van der Waals surface area contributed by atoms with Gasteiger partial charge in [0, 0.05) is 35.4 Å². The van der Waals surface area contributed by atoms with Gasteiger partial charge >= 0.3 is 0 Å². The first-order chi connectivity index (χ1) is 13.1. The molecule has 7 heteroatoms. The smallest absolute Gasteiger partial charge is 0.200 e. The van der Waals surface area contributed by atoms with Gasteiger partial charge < -0.3 is 0 Å². The highest BCUT2D eigenvalue weighted by Gasteiger charge is 2.54. The van der Waals surface area contributed by atoms with Gasteiger partial charge in [-0.2, -0.15) is 10.4 Å². The number of ketones is 1. The summed E-state index contributed by atoms with van der Waals surface area (Å²) in [5.74, 6) is 0.424. The summed E-state index contributed by atoms with van der Waals surface area (Å²) in [6.07, 6.45) is 7.63. The molecule has 0 aromatic carbocycles. The van der Waals surface area contributed by atoms with E-state index in [0.717, 1.165) is 17.0 Å². The molecule has 0 saturated heterocycles. The van der Waals surface area contributed by atoms with Gasteiger partial charge in [0.05, 0.1) is 11.3 Å². The van der Waals surface area contributed by atoms with Gasteiger partial charge in [-0.15, -0.1) is 5.10 Å². The third kappa shape index (κ3) is 2.27. The molecule has 0 N–H and O–H groups in total. The summed E-state index contributed by atoms with van der Waals surface area (Å²) in [7, 11) is 1.88. The van der Waals surface area contributed by atoms with Crippen molar-refractivity contribution in [1.29, 1.82) is 5.26 Å². The Morgan fingerprint density at radius 1 is 1.25 bits per heavy atom. The van der Waals surface area contributed by atoms with Crippen LogP contribution in [0.4, 0.5) is 0 Å². The van der Waals surface area contributed by atoms with Crippen LogP contribution in [0.25, 0.3) is 17.6 Å². The van der Waals surface area contributed by atoms with Crippen LogP contribution in [-0.2, 0) is 17.3 Å². The molecule has 7 nitrogen and oxygen atoms in total. The Hall–Kier alpha value is -3.01. The number of hydrogen-bond acceptors (Lipinski definition) is 5. The first-order valence-corrected chi connectivity index (χ1v) is 9.46. The van der Waals surface area contributed by atoms with E-state index in [9.17, 15) is 10.1 Å². The maximum atomic E-state index is 12.8. The molecule has 28 heavy (non-hydrogen) atoms. The molecule has 0 fully saturated rings. The highest BCUT2D eigenvalue weighted by Crippen LogP contribution is 2.53. The van der Waals surface area contributed by atoms with Gasteiger partial charge in [-0.1, -0.05) is 32.1 Å². The fraction of sp³-hybridized carbons (Fsp3) is 0.476. The lowest BCUT2D eigenvalue weighted by atomic mass is 9.54. The highest BCUT2D eigenvalue weighted by molar-refractivity contribution is 6.05. The summed E-state index contributed by atoms with van der Waals surface area (Å²) in [5.41, 5.74) is 1.61. The zero-order valence-corrected chi connectivity index (χ0v) is 17.1. The Kier molecular flexibility index (Phi) is 3.76. The number of carbonyl (C=O) groups is 1. The van der Waals surface area contributed by atoms with Crippen molar-refractivity contribution in [1.82, 2.24) is 24.5 Å². The molecule has 1 unspecified atom stereocenters. The van der Waals surface area contributed by atoms with E-state index in [1.165, 1.54) is 0 Å². The number of nitriles is 1. The minimum atomic E-state index is -0.683. The Balaban J connectivity index is 1.94. The van der Waals surface area contributed by atoms with E-state index in [1.807, 2.05) is 31.7 Å². The van der Waals surface area contributed by atoms with E-state index < -0.39 is 10.8 Å². The fourth-order valence-electron chi connectivity index (χ4n) is 4.62. The molecular weight excluding hydrogens is 352 g/mol. The molecule has 0 spiro atoms. The van der Waals surface area contributed by atoms with Gasteiger partial charge in [-0.05, 0) is 20.8 Å². The minimum Gasteiger partial charge on any atom is -0.293 e. The van der Waals surface area contributed by atoms with E-state index in [-0.39, 0.29) is 23.3 Å². The fourth-order valence-corrected chi connectivity index (χ4v) is 4.62. The maximum Gasteiger partial charge on any atom is 0.200 e. The van der Waals surface area contributed by atoms with Gasteiger partial charge in [-0.25, -0.2) is 9.67 Å². The van der Waals surface area contributed by atoms with Gasteiger partial charge in [-0.3, -0.25) is 9.48 Å². The quantitative estimate of drug-likeness (QED) is 0.803. The van der Waals surface area contributed by atoms with Crippen LogP contribution in [0.15, 0.2) is 24.1 Å². The first-order valence-electron chi connectivity index (χ1n) is 9.46. The second-order valence-electron chi connectivity index (χ2n) is 8.72. The minimum absolute atomic E-state index is 0.0824. The van der Waals surface area contributed by atoms with E-state index in [1.54, 1.807) is 17.1 Å². The summed E-state index contributed by atoms with van der Waals surface area (Å²) < 4.78 is 3.62. The van der Waals surface area contributed by atoms with Crippen molar-refractivity contribution in [2.24, 2.45) is 18.4 Å². The first kappa shape index (κ1) is 18.4. The summed E-state index contributed by atoms with van der Waals surface area (Å²) in [6.45, 7) is 9.99. The van der Waals surface area contributed by atoms with Crippen LogP contribution in [0.5, 0.6) is 0 Å². The molecule has 2 aromatic rings. The van der Waals surface area contributed by atoms with Crippen molar-refractivity contribution >= 4 is 11.9 Å². The van der Waals surface area contributed by atoms with E-state index in [4.69, 9.17) is 5.10 Å². The number of hydrogen-bond donors (Lipinski definition) is 0. The van der Waals surface area contributed by atoms with E-state index >= 15 is 0 Å². The lowest BCUT2D eigenvalue weighted by Crippen LogP contribution is -2.49. The van der Waals surface area contributed by atoms with Gasteiger partial charge in [0.15, 0.2) is 11.6 Å². The van der Waals surface area contributed by atoms with Crippen LogP contribution in [0.2, 0.25) is 0 Å². The number of aromatic nitrogens is 5. The summed E-state index contributed by atoms with van der Waals surface area (Å²) in [5, 5.41) is 19.0. The van der Waals surface area contributed by atoms with Crippen molar-refractivity contribution in [3.8, 4) is 17.6 Å². The van der Waals surface area contributed by atoms with Crippen LogP contribution in [0.3, 0.4) is 0 Å². The SMILES string of the molecule is CC(C)n1cnc(-c2c3c(nn2C)C2(C)C=C(C#N)C(=O)C(C)(C)[C@@H]2C=C3)n1. The van der Waals surface area contributed by atoms with Gasteiger partial charge in [0.2, 0.25) is 0 Å². The zero-order valence-electron chi connectivity index (χ0n) is 17.1. The van der Waals surface area contributed by atoms with Crippen molar-refractivity contribution in [2.75, 3.05) is 0 Å². The summed E-state index contributed by atoms with van der Waals surface area (Å²) >= 11 is 0. The Morgan fingerprint density at radius 2 is 1.96 bits per heavy atom. The van der Waals surface area contributed by atoms with Gasteiger partial charge in [0.1, 0.15) is 18.1 Å². The molecule has 0 bridgehead atoms. The largest absolute Gasteiger partial charge is 0.293 e. The van der Waals surface area contributed by atoms with Crippen molar-refractivity contribution in [2.45, 2.75) is 46.1 Å². The summed E-state index contributed by atoms with van der Waals surface area (Å²) in [6, 6.07) is 2.31. The predicted molar refractivity (Wildman–Crippen MR) is 105 cm³/mol. The molecule has 0 amide bonds. The molecule has 4 rings (SSSR count). The molecule has 2 aromatic heterocycles. The third-order valence-corrected chi connectivity index (χ3v) is 6.12. The molecule has 2 atom stereocenters. The standard InChI is InChI=1S/C21H24N6O/c1-12(2)27-11-23-19(25-27)16-14-7-8-15-20(3,4)18(28)13(10-22)9-21(15,5)17(14)24-26(16)6/h7-9,11-12,15H,1-6H3/t15-,21?/m0/s1. The molecule has 2 aliphatic carbocycles. The molecule has 2 aliphatic rings. The van der Waals surface area contributed by atoms with Crippen molar-refractivity contribution in [3.05, 3.63) is 35.3 Å². The number of allylic oxidation sites excluding steroid dienone is 3. The number of rotatable bonds is 2. The molecule has 0 saturated carbocycles. The second-order valence-corrected chi connectivity index (χ2v) is 8.72. The Labute approximate surface area is 164 Å². The van der Waals surface area contributed by atoms with Crippen LogP contribution >= 0.6 is 0 Å². The zero-order chi connectivity index (χ0) is 20.4. The molecule has 0 aliphatic heterocycles. The average Bonchev–Trinajstić information content (AvgIpc) is 3.23.